The number of hydrogen-bond acceptors (Lipinski definition) is 23. The summed E-state index contributed by atoms with van der Waals surface area (Å²) in [4.78, 5) is 121. The van der Waals surface area contributed by atoms with E-state index in [-0.39, 0.29) is 5.75 Å². The lowest BCUT2D eigenvalue weighted by Crippen LogP contribution is -2.67. The minimum absolute atomic E-state index is 0.110. The Labute approximate surface area is 525 Å². The molecule has 10 heterocycles. The van der Waals surface area contributed by atoms with Gasteiger partial charge in [0.1, 0.15) is 37.3 Å². The fourth-order valence-electron chi connectivity index (χ4n) is 11.4. The molecule has 2 saturated heterocycles. The van der Waals surface area contributed by atoms with Crippen LogP contribution in [0.15, 0.2) is 122 Å². The van der Waals surface area contributed by atoms with Crippen molar-refractivity contribution in [1.29, 1.82) is 0 Å². The molecule has 11 rings (SSSR count). The van der Waals surface area contributed by atoms with Gasteiger partial charge < -0.3 is 62.1 Å². The van der Waals surface area contributed by atoms with Crippen molar-refractivity contribution in [3.8, 4) is 50.3 Å². The Morgan fingerprint density at radius 1 is 0.391 bits per heavy atom. The molecule has 25 nitrogen and oxygen atoms in total. The first kappa shape index (κ1) is 62.8. The summed E-state index contributed by atoms with van der Waals surface area (Å²) < 4.78 is 66.4. The topological polar surface area (TPSA) is 317 Å². The SMILES string of the molecule is CC(=O)OC[C@H]1O[C@@H](O[C@H]2[C@H](OC(C)=O)[C@@H](OC(C)=O)[C@H](Oc3ccccc3-c3c4nc(c(-c5ccncc5)c5ccc([nH]5)c(-c5ccncc5)c5nc(c(-c6ccncc6)c6ccc3[nH]6)C=C5)C=C4)O[C@@H]2COC(C)=O)[C@H](OC(C)=O)[C@@H](OC(C)=O)[C@H]1OC(C)=O. The summed E-state index contributed by atoms with van der Waals surface area (Å²) in [6.07, 6.45) is 0.951. The van der Waals surface area contributed by atoms with Gasteiger partial charge >= 0.3 is 41.8 Å². The molecule has 0 spiro atoms. The second-order valence-corrected chi connectivity index (χ2v) is 21.5. The van der Waals surface area contributed by atoms with E-state index in [9.17, 15) is 33.6 Å². The van der Waals surface area contributed by atoms with Crippen LogP contribution in [0, 0.1) is 0 Å². The van der Waals surface area contributed by atoms with Crippen LogP contribution >= 0.6 is 0 Å². The van der Waals surface area contributed by atoms with E-state index in [4.69, 9.17) is 62.1 Å². The maximum absolute atomic E-state index is 13.5. The van der Waals surface area contributed by atoms with E-state index in [1.807, 2.05) is 85.0 Å². The highest BCUT2D eigenvalue weighted by molar-refractivity contribution is 6.00. The number of carbonyl (C=O) groups is 7. The Bertz CT molecular complexity index is 4180. The summed E-state index contributed by atoms with van der Waals surface area (Å²) in [5, 5.41) is 0. The molecule has 10 atom stereocenters. The van der Waals surface area contributed by atoms with Gasteiger partial charge in [-0.15, -0.1) is 0 Å². The van der Waals surface area contributed by atoms with E-state index in [0.717, 1.165) is 92.9 Å². The molecule has 1 aromatic carbocycles. The molecule has 4 aliphatic heterocycles. The molecular formula is C67H61N7O18. The number of carbonyl (C=O) groups excluding carboxylic acids is 7. The van der Waals surface area contributed by atoms with Crippen molar-refractivity contribution < 1.29 is 85.7 Å². The number of benzene rings is 1. The molecule has 8 bridgehead atoms. The molecule has 472 valence electrons. The number of pyridine rings is 3. The first-order valence-corrected chi connectivity index (χ1v) is 29.1. The van der Waals surface area contributed by atoms with Gasteiger partial charge in [-0.25, -0.2) is 9.97 Å². The fraction of sp³-hybridized carbons (Fsp3) is 0.284. The highest BCUT2D eigenvalue weighted by Crippen LogP contribution is 2.43. The molecule has 6 aromatic heterocycles. The number of aromatic nitrogens is 7. The van der Waals surface area contributed by atoms with Crippen LogP contribution in [0.5, 0.6) is 5.75 Å². The molecule has 2 N–H and O–H groups in total. The number of nitrogens with zero attached hydrogens (tertiary/aromatic N) is 5. The normalized spacial score (nSPS) is 21.5. The Kier molecular flexibility index (Phi) is 18.8. The molecule has 4 aliphatic rings. The number of rotatable bonds is 17. The summed E-state index contributed by atoms with van der Waals surface area (Å²) >= 11 is 0. The maximum atomic E-state index is 13.5. The zero-order valence-electron chi connectivity index (χ0n) is 50.6. The second-order valence-electron chi connectivity index (χ2n) is 21.5. The maximum Gasteiger partial charge on any atom is 0.303 e. The number of fused-ring (bicyclic) bond motifs is 8. The van der Waals surface area contributed by atoms with E-state index in [0.29, 0.717) is 44.9 Å². The molecule has 0 radical (unpaired) electrons. The smallest absolute Gasteiger partial charge is 0.303 e. The third kappa shape index (κ3) is 14.0. The Hall–Kier alpha value is -10.8. The monoisotopic (exact) mass is 1250 g/mol. The summed E-state index contributed by atoms with van der Waals surface area (Å²) in [5.41, 5.74) is 10.8. The van der Waals surface area contributed by atoms with E-state index in [1.54, 1.807) is 61.4 Å². The molecule has 0 amide bonds. The predicted octanol–water partition coefficient (Wildman–Crippen LogP) is 8.51. The predicted molar refractivity (Wildman–Crippen MR) is 328 cm³/mol. The first-order valence-electron chi connectivity index (χ1n) is 29.1. The fourth-order valence-corrected chi connectivity index (χ4v) is 11.4. The highest BCUT2D eigenvalue weighted by atomic mass is 16.8. The van der Waals surface area contributed by atoms with Crippen LogP contribution in [-0.2, 0) is 80.9 Å². The Balaban J connectivity index is 1.09. The molecule has 0 aliphatic carbocycles. The van der Waals surface area contributed by atoms with Gasteiger partial charge in [0.05, 0.1) is 22.8 Å². The van der Waals surface area contributed by atoms with Crippen LogP contribution < -0.4 is 4.74 Å². The van der Waals surface area contributed by atoms with Crippen LogP contribution in [0.4, 0.5) is 0 Å². The van der Waals surface area contributed by atoms with Crippen LogP contribution in [0.3, 0.4) is 0 Å². The molecule has 25 heteroatoms. The van der Waals surface area contributed by atoms with Gasteiger partial charge in [0.15, 0.2) is 30.7 Å². The van der Waals surface area contributed by atoms with Gasteiger partial charge in [0, 0.05) is 136 Å². The van der Waals surface area contributed by atoms with Gasteiger partial charge in [0.25, 0.3) is 0 Å². The van der Waals surface area contributed by atoms with Crippen molar-refractivity contribution in [2.75, 3.05) is 13.2 Å². The third-order valence-electron chi connectivity index (χ3n) is 14.9. The molecule has 7 aromatic rings. The standard InChI is InChI=1S/C67H61N7O18/c1-34(75)82-32-54-60(84-36(3)77)62(85-37(4)78)65(88-40(7)81)67(91-54)92-61-55(33-83-35(2)76)90-66(64(87-39(6)80)63(61)86-38(5)79)89-53-11-9-8-10-44(53)59-51-18-16-49(73-51)57(42-22-28-69-29-23-42)47-14-12-45(71-47)56(41-20-26-68-27-21-41)46-13-15-48(72-46)58(43-24-30-70-31-25-43)50-17-19-52(59)74-50/h8-31,54-55,60-67,71,74H,32-33H2,1-7H3/t54-,55-,60+,61-,62+,63+,64-,65-,66-,67+/m1/s1. The largest absolute Gasteiger partial charge is 0.463 e. The number of esters is 7. The van der Waals surface area contributed by atoms with E-state index < -0.39 is 116 Å². The van der Waals surface area contributed by atoms with Crippen molar-refractivity contribution in [2.24, 2.45) is 0 Å². The molecule has 92 heavy (non-hydrogen) atoms. The lowest BCUT2D eigenvalue weighted by Gasteiger charge is -2.48. The highest BCUT2D eigenvalue weighted by Gasteiger charge is 2.58. The summed E-state index contributed by atoms with van der Waals surface area (Å²) in [5.74, 6) is -6.06. The summed E-state index contributed by atoms with van der Waals surface area (Å²) in [6, 6.07) is 26.2. The molecule has 0 saturated carbocycles. The number of hydrogen-bond donors (Lipinski definition) is 2. The van der Waals surface area contributed by atoms with Crippen LogP contribution in [0.25, 0.3) is 90.9 Å². The van der Waals surface area contributed by atoms with Crippen molar-refractivity contribution in [3.05, 3.63) is 145 Å². The van der Waals surface area contributed by atoms with Gasteiger partial charge in [-0.05, 0) is 108 Å². The average molecular weight is 1250 g/mol. The van der Waals surface area contributed by atoms with E-state index in [1.165, 1.54) is 0 Å². The number of H-pyrrole nitrogens is 2. The van der Waals surface area contributed by atoms with E-state index in [2.05, 4.69) is 24.9 Å². The number of nitrogens with one attached hydrogen (secondary N) is 2. The van der Waals surface area contributed by atoms with Crippen LogP contribution in [-0.4, -0.2) is 151 Å². The van der Waals surface area contributed by atoms with E-state index >= 15 is 0 Å². The quantitative estimate of drug-likeness (QED) is 0.0637. The first-order chi connectivity index (χ1) is 44.4. The lowest BCUT2D eigenvalue weighted by molar-refractivity contribution is -0.354. The van der Waals surface area contributed by atoms with Gasteiger partial charge in [-0.2, -0.15) is 0 Å². The Morgan fingerprint density at radius 2 is 0.739 bits per heavy atom. The lowest BCUT2D eigenvalue weighted by atomic mass is 9.95. The summed E-state index contributed by atoms with van der Waals surface area (Å²) in [6.45, 7) is 6.27. The molecule has 2 fully saturated rings. The van der Waals surface area contributed by atoms with Crippen molar-refractivity contribution in [1.82, 2.24) is 34.9 Å². The molecular weight excluding hydrogens is 1190 g/mol. The molecule has 0 unspecified atom stereocenters. The van der Waals surface area contributed by atoms with Crippen molar-refractivity contribution >= 4 is 88.2 Å². The average Bonchev–Trinajstić information content (AvgIpc) is 1.38. The second kappa shape index (κ2) is 27.5. The van der Waals surface area contributed by atoms with Gasteiger partial charge in [0.2, 0.25) is 12.4 Å². The van der Waals surface area contributed by atoms with Gasteiger partial charge in [-0.1, -0.05) is 18.2 Å². The third-order valence-corrected chi connectivity index (χ3v) is 14.9. The minimum Gasteiger partial charge on any atom is -0.463 e. The van der Waals surface area contributed by atoms with Crippen LogP contribution in [0.1, 0.15) is 71.2 Å². The summed E-state index contributed by atoms with van der Waals surface area (Å²) in [7, 11) is 0. The Morgan fingerprint density at radius 3 is 1.16 bits per heavy atom. The van der Waals surface area contributed by atoms with Crippen molar-refractivity contribution in [3.63, 3.8) is 0 Å². The number of para-hydroxylation sites is 1. The van der Waals surface area contributed by atoms with Crippen LogP contribution in [0.2, 0.25) is 0 Å². The zero-order chi connectivity index (χ0) is 64.7. The number of ether oxygens (including phenoxy) is 11. The van der Waals surface area contributed by atoms with Gasteiger partial charge in [-0.3, -0.25) is 48.5 Å². The minimum atomic E-state index is -1.91. The number of aromatic amines is 2. The van der Waals surface area contributed by atoms with Crippen molar-refractivity contribution in [2.45, 2.75) is 110 Å². The zero-order valence-corrected chi connectivity index (χ0v) is 50.6.